The molecule has 0 heterocycles. The Hall–Kier alpha value is -0.570. The molecular weight excluding hydrogens is 190 g/mol. The van der Waals surface area contributed by atoms with E-state index in [1.807, 2.05) is 19.0 Å². The van der Waals surface area contributed by atoms with Crippen LogP contribution in [0.4, 0.5) is 0 Å². The Bertz CT molecular complexity index is 244. The zero-order valence-electron chi connectivity index (χ0n) is 9.65. The van der Waals surface area contributed by atoms with E-state index in [2.05, 4.69) is 0 Å². The molecule has 0 spiro atoms. The van der Waals surface area contributed by atoms with Crippen molar-refractivity contribution in [3.05, 3.63) is 0 Å². The third kappa shape index (κ3) is 2.03. The number of hydrogen-bond acceptors (Lipinski definition) is 2. The first-order valence-electron chi connectivity index (χ1n) is 5.99. The van der Waals surface area contributed by atoms with Gasteiger partial charge in [0.1, 0.15) is 6.04 Å². The summed E-state index contributed by atoms with van der Waals surface area (Å²) >= 11 is 0. The van der Waals surface area contributed by atoms with E-state index in [1.54, 1.807) is 0 Å². The lowest BCUT2D eigenvalue weighted by molar-refractivity contribution is -0.147. The van der Waals surface area contributed by atoms with Gasteiger partial charge in [0, 0.05) is 0 Å². The van der Waals surface area contributed by atoms with Crippen LogP contribution in [-0.4, -0.2) is 36.1 Å². The Morgan fingerprint density at radius 1 is 1.27 bits per heavy atom. The zero-order chi connectivity index (χ0) is 11.0. The van der Waals surface area contributed by atoms with Gasteiger partial charge in [-0.25, -0.2) is 0 Å². The van der Waals surface area contributed by atoms with E-state index in [9.17, 15) is 9.90 Å². The predicted molar refractivity (Wildman–Crippen MR) is 58.7 cm³/mol. The number of rotatable bonds is 3. The van der Waals surface area contributed by atoms with Gasteiger partial charge in [-0.05, 0) is 51.1 Å². The molecule has 3 heteroatoms. The fourth-order valence-electron chi connectivity index (χ4n) is 3.60. The molecule has 0 aromatic rings. The van der Waals surface area contributed by atoms with Gasteiger partial charge < -0.3 is 5.11 Å². The minimum absolute atomic E-state index is 0.266. The van der Waals surface area contributed by atoms with Gasteiger partial charge in [-0.2, -0.15) is 0 Å². The van der Waals surface area contributed by atoms with E-state index < -0.39 is 5.97 Å². The van der Waals surface area contributed by atoms with Crippen LogP contribution in [0.3, 0.4) is 0 Å². The maximum Gasteiger partial charge on any atom is 0.321 e. The SMILES string of the molecule is CN(C)C(C(=O)O)C1CC2CCC1CC2. The molecule has 0 aromatic carbocycles. The summed E-state index contributed by atoms with van der Waals surface area (Å²) in [7, 11) is 3.78. The number of fused-ring (bicyclic) bond motifs is 3. The van der Waals surface area contributed by atoms with Crippen molar-refractivity contribution >= 4 is 5.97 Å². The molecule has 15 heavy (non-hydrogen) atoms. The Labute approximate surface area is 91.5 Å². The summed E-state index contributed by atoms with van der Waals surface area (Å²) in [6.07, 6.45) is 6.32. The van der Waals surface area contributed by atoms with Crippen LogP contribution in [0.25, 0.3) is 0 Å². The second-order valence-electron chi connectivity index (χ2n) is 5.43. The number of carboxylic acid groups (broad SMARTS) is 1. The Morgan fingerprint density at radius 3 is 2.20 bits per heavy atom. The summed E-state index contributed by atoms with van der Waals surface area (Å²) in [5, 5.41) is 9.28. The first kappa shape index (κ1) is 10.9. The smallest absolute Gasteiger partial charge is 0.321 e. The summed E-state index contributed by atoms with van der Waals surface area (Å²) in [6, 6.07) is -0.266. The summed E-state index contributed by atoms with van der Waals surface area (Å²) < 4.78 is 0. The molecule has 0 aromatic heterocycles. The maximum atomic E-state index is 11.3. The van der Waals surface area contributed by atoms with Gasteiger partial charge in [0.15, 0.2) is 0 Å². The van der Waals surface area contributed by atoms with Gasteiger partial charge in [0.05, 0.1) is 0 Å². The lowest BCUT2D eigenvalue weighted by atomic mass is 9.62. The van der Waals surface area contributed by atoms with Crippen molar-refractivity contribution in [2.75, 3.05) is 14.1 Å². The molecule has 0 aliphatic heterocycles. The predicted octanol–water partition coefficient (Wildman–Crippen LogP) is 1.83. The molecule has 3 fully saturated rings. The average molecular weight is 211 g/mol. The Morgan fingerprint density at radius 2 is 1.87 bits per heavy atom. The molecule has 2 unspecified atom stereocenters. The van der Waals surface area contributed by atoms with Crippen LogP contribution < -0.4 is 0 Å². The highest BCUT2D eigenvalue weighted by Crippen LogP contribution is 2.46. The number of carboxylic acids is 1. The second-order valence-corrected chi connectivity index (χ2v) is 5.43. The van der Waals surface area contributed by atoms with Crippen LogP contribution in [0, 0.1) is 17.8 Å². The van der Waals surface area contributed by atoms with Crippen LogP contribution in [0.1, 0.15) is 32.1 Å². The van der Waals surface area contributed by atoms with Gasteiger partial charge in [0.2, 0.25) is 0 Å². The highest BCUT2D eigenvalue weighted by atomic mass is 16.4. The van der Waals surface area contributed by atoms with Crippen LogP contribution in [0.2, 0.25) is 0 Å². The molecule has 3 nitrogen and oxygen atoms in total. The van der Waals surface area contributed by atoms with Crippen molar-refractivity contribution in [2.45, 2.75) is 38.1 Å². The molecule has 0 amide bonds. The highest BCUT2D eigenvalue weighted by molar-refractivity contribution is 5.74. The second kappa shape index (κ2) is 4.12. The Kier molecular flexibility index (Phi) is 3.01. The Balaban J connectivity index is 2.11. The third-order valence-corrected chi connectivity index (χ3v) is 4.32. The number of aliphatic carboxylic acids is 1. The fraction of sp³-hybridized carbons (Fsp3) is 0.917. The highest BCUT2D eigenvalue weighted by Gasteiger charge is 2.42. The minimum Gasteiger partial charge on any atom is -0.480 e. The van der Waals surface area contributed by atoms with E-state index in [0.717, 1.165) is 12.3 Å². The molecule has 3 saturated carbocycles. The van der Waals surface area contributed by atoms with Gasteiger partial charge in [-0.3, -0.25) is 9.69 Å². The van der Waals surface area contributed by atoms with Gasteiger partial charge in [0.25, 0.3) is 0 Å². The molecule has 0 radical (unpaired) electrons. The molecule has 3 aliphatic carbocycles. The van der Waals surface area contributed by atoms with E-state index in [0.29, 0.717) is 11.8 Å². The number of carbonyl (C=O) groups is 1. The molecule has 86 valence electrons. The van der Waals surface area contributed by atoms with Crippen molar-refractivity contribution in [3.8, 4) is 0 Å². The van der Waals surface area contributed by atoms with Crippen molar-refractivity contribution in [1.29, 1.82) is 0 Å². The molecule has 2 bridgehead atoms. The van der Waals surface area contributed by atoms with E-state index in [1.165, 1.54) is 25.7 Å². The zero-order valence-corrected chi connectivity index (χ0v) is 9.65. The topological polar surface area (TPSA) is 40.5 Å². The van der Waals surface area contributed by atoms with Crippen molar-refractivity contribution < 1.29 is 9.90 Å². The van der Waals surface area contributed by atoms with E-state index >= 15 is 0 Å². The molecule has 2 atom stereocenters. The molecule has 0 saturated heterocycles. The van der Waals surface area contributed by atoms with E-state index in [4.69, 9.17) is 0 Å². The fourth-order valence-corrected chi connectivity index (χ4v) is 3.60. The lowest BCUT2D eigenvalue weighted by Crippen LogP contribution is -2.48. The van der Waals surface area contributed by atoms with Gasteiger partial charge in [-0.15, -0.1) is 0 Å². The number of hydrogen-bond donors (Lipinski definition) is 1. The van der Waals surface area contributed by atoms with Crippen LogP contribution >= 0.6 is 0 Å². The monoisotopic (exact) mass is 211 g/mol. The van der Waals surface area contributed by atoms with Crippen molar-refractivity contribution in [2.24, 2.45) is 17.8 Å². The van der Waals surface area contributed by atoms with Crippen LogP contribution in [0.15, 0.2) is 0 Å². The molecular formula is C12H21NO2. The summed E-state index contributed by atoms with van der Waals surface area (Å²) in [4.78, 5) is 13.2. The average Bonchev–Trinajstić information content (AvgIpc) is 2.18. The van der Waals surface area contributed by atoms with Crippen molar-refractivity contribution in [3.63, 3.8) is 0 Å². The summed E-state index contributed by atoms with van der Waals surface area (Å²) in [5.41, 5.74) is 0. The first-order valence-corrected chi connectivity index (χ1v) is 5.99. The third-order valence-electron chi connectivity index (χ3n) is 4.32. The molecule has 3 aliphatic rings. The molecule has 3 rings (SSSR count). The lowest BCUT2D eigenvalue weighted by Gasteiger charge is -2.46. The van der Waals surface area contributed by atoms with Crippen molar-refractivity contribution in [1.82, 2.24) is 4.90 Å². The number of likely N-dealkylation sites (N-methyl/N-ethyl adjacent to an activating group) is 1. The molecule has 1 N–H and O–H groups in total. The maximum absolute atomic E-state index is 11.3. The number of nitrogens with zero attached hydrogens (tertiary/aromatic N) is 1. The largest absolute Gasteiger partial charge is 0.480 e. The summed E-state index contributed by atoms with van der Waals surface area (Å²) in [6.45, 7) is 0. The minimum atomic E-state index is -0.641. The van der Waals surface area contributed by atoms with Gasteiger partial charge in [-0.1, -0.05) is 12.8 Å². The standard InChI is InChI=1S/C12H21NO2/c1-13(2)11(12(14)15)10-7-8-3-5-9(10)6-4-8/h8-11H,3-7H2,1-2H3,(H,14,15). The van der Waals surface area contributed by atoms with Crippen LogP contribution in [-0.2, 0) is 4.79 Å². The first-order chi connectivity index (χ1) is 7.09. The quantitative estimate of drug-likeness (QED) is 0.774. The van der Waals surface area contributed by atoms with Crippen LogP contribution in [0.5, 0.6) is 0 Å². The van der Waals surface area contributed by atoms with Gasteiger partial charge >= 0.3 is 5.97 Å². The normalized spacial score (nSPS) is 36.9. The van der Waals surface area contributed by atoms with E-state index in [-0.39, 0.29) is 6.04 Å². The summed E-state index contributed by atoms with van der Waals surface area (Å²) in [5.74, 6) is 1.22.